The SMILES string of the molecule is COC(=O)CC=Cc1c(C)nn(C)c1C. The second-order valence-corrected chi connectivity index (χ2v) is 3.39. The van der Waals surface area contributed by atoms with Gasteiger partial charge in [-0.1, -0.05) is 12.2 Å². The number of esters is 1. The van der Waals surface area contributed by atoms with E-state index in [1.54, 1.807) is 6.08 Å². The van der Waals surface area contributed by atoms with Crippen LogP contribution in [0.5, 0.6) is 0 Å². The number of aromatic nitrogens is 2. The predicted molar refractivity (Wildman–Crippen MR) is 58.3 cm³/mol. The largest absolute Gasteiger partial charge is 0.469 e. The lowest BCUT2D eigenvalue weighted by Gasteiger charge is -1.95. The molecule has 4 heteroatoms. The van der Waals surface area contributed by atoms with E-state index in [0.29, 0.717) is 6.42 Å². The van der Waals surface area contributed by atoms with Gasteiger partial charge < -0.3 is 4.74 Å². The first-order chi connectivity index (χ1) is 7.06. The van der Waals surface area contributed by atoms with Gasteiger partial charge in [0.15, 0.2) is 0 Å². The first kappa shape index (κ1) is 11.5. The average Bonchev–Trinajstić information content (AvgIpc) is 2.44. The zero-order valence-corrected chi connectivity index (χ0v) is 9.57. The fraction of sp³-hybridized carbons (Fsp3) is 0.455. The quantitative estimate of drug-likeness (QED) is 0.709. The van der Waals surface area contributed by atoms with Crippen molar-refractivity contribution < 1.29 is 9.53 Å². The lowest BCUT2D eigenvalue weighted by atomic mass is 10.2. The molecule has 0 atom stereocenters. The number of carbonyl (C=O) groups excluding carboxylic acids is 1. The second kappa shape index (κ2) is 4.77. The van der Waals surface area contributed by atoms with Crippen LogP contribution in [0.3, 0.4) is 0 Å². The fourth-order valence-corrected chi connectivity index (χ4v) is 1.39. The molecule has 0 saturated carbocycles. The number of methoxy groups -OCH3 is 1. The van der Waals surface area contributed by atoms with Gasteiger partial charge in [0.05, 0.1) is 19.2 Å². The third-order valence-electron chi connectivity index (χ3n) is 2.36. The van der Waals surface area contributed by atoms with Gasteiger partial charge in [-0.3, -0.25) is 9.48 Å². The number of carbonyl (C=O) groups is 1. The van der Waals surface area contributed by atoms with E-state index in [0.717, 1.165) is 17.0 Å². The Bertz CT molecular complexity index is 392. The van der Waals surface area contributed by atoms with Crippen LogP contribution < -0.4 is 0 Å². The molecule has 0 aliphatic carbocycles. The van der Waals surface area contributed by atoms with E-state index in [4.69, 9.17) is 0 Å². The third kappa shape index (κ3) is 2.68. The molecule has 0 fully saturated rings. The second-order valence-electron chi connectivity index (χ2n) is 3.39. The highest BCUT2D eigenvalue weighted by atomic mass is 16.5. The molecule has 0 aliphatic heterocycles. The molecule has 0 amide bonds. The van der Waals surface area contributed by atoms with Crippen LogP contribution in [0.25, 0.3) is 6.08 Å². The maximum Gasteiger partial charge on any atom is 0.309 e. The lowest BCUT2D eigenvalue weighted by Crippen LogP contribution is -1.96. The van der Waals surface area contributed by atoms with Gasteiger partial charge in [-0.25, -0.2) is 0 Å². The Labute approximate surface area is 89.5 Å². The summed E-state index contributed by atoms with van der Waals surface area (Å²) in [5.41, 5.74) is 3.13. The summed E-state index contributed by atoms with van der Waals surface area (Å²) in [6.07, 6.45) is 4.00. The van der Waals surface area contributed by atoms with Crippen molar-refractivity contribution in [2.24, 2.45) is 7.05 Å². The van der Waals surface area contributed by atoms with Crippen molar-refractivity contribution >= 4 is 12.0 Å². The predicted octanol–water partition coefficient (Wildman–Crippen LogP) is 1.61. The minimum Gasteiger partial charge on any atom is -0.469 e. The van der Waals surface area contributed by atoms with E-state index < -0.39 is 0 Å². The van der Waals surface area contributed by atoms with Gasteiger partial charge in [-0.05, 0) is 13.8 Å². The van der Waals surface area contributed by atoms with Crippen molar-refractivity contribution in [2.45, 2.75) is 20.3 Å². The van der Waals surface area contributed by atoms with E-state index in [1.165, 1.54) is 7.11 Å². The zero-order chi connectivity index (χ0) is 11.4. The van der Waals surface area contributed by atoms with Crippen LogP contribution in [-0.4, -0.2) is 22.9 Å². The summed E-state index contributed by atoms with van der Waals surface area (Å²) in [5, 5.41) is 4.28. The lowest BCUT2D eigenvalue weighted by molar-refractivity contribution is -0.139. The van der Waals surface area contributed by atoms with E-state index in [-0.39, 0.29) is 5.97 Å². The minimum absolute atomic E-state index is 0.231. The first-order valence-corrected chi connectivity index (χ1v) is 4.79. The molecule has 0 aliphatic rings. The normalized spacial score (nSPS) is 10.9. The standard InChI is InChI=1S/C11H16N2O2/c1-8-10(9(2)13(3)12-8)6-5-7-11(14)15-4/h5-6H,7H2,1-4H3. The molecule has 1 aromatic heterocycles. The van der Waals surface area contributed by atoms with Crippen molar-refractivity contribution in [2.75, 3.05) is 7.11 Å². The molecule has 0 N–H and O–H groups in total. The van der Waals surface area contributed by atoms with Crippen molar-refractivity contribution in [3.8, 4) is 0 Å². The molecule has 0 radical (unpaired) electrons. The number of rotatable bonds is 3. The van der Waals surface area contributed by atoms with Crippen molar-refractivity contribution in [1.82, 2.24) is 9.78 Å². The highest BCUT2D eigenvalue weighted by Crippen LogP contribution is 2.13. The molecular formula is C11H16N2O2. The first-order valence-electron chi connectivity index (χ1n) is 4.79. The van der Waals surface area contributed by atoms with Crippen molar-refractivity contribution in [3.63, 3.8) is 0 Å². The molecule has 82 valence electrons. The molecule has 15 heavy (non-hydrogen) atoms. The summed E-state index contributed by atoms with van der Waals surface area (Å²) in [4.78, 5) is 10.9. The van der Waals surface area contributed by atoms with Crippen LogP contribution in [0.2, 0.25) is 0 Å². The highest BCUT2D eigenvalue weighted by molar-refractivity contribution is 5.72. The van der Waals surface area contributed by atoms with Crippen LogP contribution in [-0.2, 0) is 16.6 Å². The Morgan fingerprint density at radius 3 is 2.67 bits per heavy atom. The molecule has 1 aromatic rings. The molecule has 1 heterocycles. The monoisotopic (exact) mass is 208 g/mol. The maximum absolute atomic E-state index is 10.9. The molecular weight excluding hydrogens is 192 g/mol. The van der Waals surface area contributed by atoms with Crippen LogP contribution in [0.1, 0.15) is 23.4 Å². The highest BCUT2D eigenvalue weighted by Gasteiger charge is 2.05. The molecule has 0 aromatic carbocycles. The van der Waals surface area contributed by atoms with E-state index in [2.05, 4.69) is 9.84 Å². The number of hydrogen-bond donors (Lipinski definition) is 0. The Hall–Kier alpha value is -1.58. The Morgan fingerprint density at radius 1 is 1.53 bits per heavy atom. The van der Waals surface area contributed by atoms with Crippen molar-refractivity contribution in [1.29, 1.82) is 0 Å². The number of nitrogens with zero attached hydrogens (tertiary/aromatic N) is 2. The summed E-state index contributed by atoms with van der Waals surface area (Å²) in [6.45, 7) is 3.95. The van der Waals surface area contributed by atoms with E-state index >= 15 is 0 Å². The molecule has 0 bridgehead atoms. The van der Waals surface area contributed by atoms with Crippen molar-refractivity contribution in [3.05, 3.63) is 23.0 Å². The minimum atomic E-state index is -0.231. The Balaban J connectivity index is 2.76. The molecule has 4 nitrogen and oxygen atoms in total. The zero-order valence-electron chi connectivity index (χ0n) is 9.57. The van der Waals surface area contributed by atoms with Crippen LogP contribution in [0.4, 0.5) is 0 Å². The molecule has 0 saturated heterocycles. The summed E-state index contributed by atoms with van der Waals surface area (Å²) in [6, 6.07) is 0. The smallest absolute Gasteiger partial charge is 0.309 e. The average molecular weight is 208 g/mol. The van der Waals surface area contributed by atoms with Gasteiger partial charge in [-0.2, -0.15) is 5.10 Å². The number of aryl methyl sites for hydroxylation is 2. The van der Waals surface area contributed by atoms with E-state index in [9.17, 15) is 4.79 Å². The van der Waals surface area contributed by atoms with Crippen LogP contribution in [0.15, 0.2) is 6.08 Å². The van der Waals surface area contributed by atoms with Gasteiger partial charge in [0.2, 0.25) is 0 Å². The van der Waals surface area contributed by atoms with Gasteiger partial charge in [0.1, 0.15) is 0 Å². The van der Waals surface area contributed by atoms with Gasteiger partial charge in [0, 0.05) is 18.3 Å². The summed E-state index contributed by atoms with van der Waals surface area (Å²) >= 11 is 0. The number of ether oxygens (including phenoxy) is 1. The molecule has 0 spiro atoms. The van der Waals surface area contributed by atoms with E-state index in [1.807, 2.05) is 31.7 Å². The summed E-state index contributed by atoms with van der Waals surface area (Å²) in [7, 11) is 3.29. The Kier molecular flexibility index (Phi) is 3.66. The topological polar surface area (TPSA) is 44.1 Å². The maximum atomic E-state index is 10.9. The Morgan fingerprint density at radius 2 is 2.20 bits per heavy atom. The van der Waals surface area contributed by atoms with Gasteiger partial charge in [0.25, 0.3) is 0 Å². The molecule has 0 unspecified atom stereocenters. The third-order valence-corrected chi connectivity index (χ3v) is 2.36. The fourth-order valence-electron chi connectivity index (χ4n) is 1.39. The summed E-state index contributed by atoms with van der Waals surface area (Å²) < 4.78 is 6.37. The van der Waals surface area contributed by atoms with Crippen LogP contribution >= 0.6 is 0 Å². The van der Waals surface area contributed by atoms with Gasteiger partial charge in [-0.15, -0.1) is 0 Å². The summed E-state index contributed by atoms with van der Waals surface area (Å²) in [5.74, 6) is -0.231. The van der Waals surface area contributed by atoms with Gasteiger partial charge >= 0.3 is 5.97 Å². The molecule has 1 rings (SSSR count). The number of hydrogen-bond acceptors (Lipinski definition) is 3. The van der Waals surface area contributed by atoms with Crippen LogP contribution in [0, 0.1) is 13.8 Å².